The first-order chi connectivity index (χ1) is 21.2. The van der Waals surface area contributed by atoms with E-state index in [-0.39, 0.29) is 0 Å². The van der Waals surface area contributed by atoms with Crippen LogP contribution in [-0.2, 0) is 6.42 Å². The van der Waals surface area contributed by atoms with Crippen molar-refractivity contribution >= 4 is 60.9 Å². The summed E-state index contributed by atoms with van der Waals surface area (Å²) >= 11 is 0. The third-order valence-corrected chi connectivity index (χ3v) is 8.73. The number of aryl methyl sites for hydroxylation is 1. The number of aromatic nitrogens is 1. The first kappa shape index (κ1) is 23.6. The summed E-state index contributed by atoms with van der Waals surface area (Å²) in [4.78, 5) is 0. The van der Waals surface area contributed by atoms with Gasteiger partial charge in [0.2, 0.25) is 0 Å². The Bertz CT molecular complexity index is 2590. The smallest absolute Gasteiger partial charge is 0.136 e. The molecule has 5 aromatic carbocycles. The predicted octanol–water partition coefficient (Wildman–Crippen LogP) is 9.80. The average Bonchev–Trinajstić information content (AvgIpc) is 3.73. The van der Waals surface area contributed by atoms with Crippen LogP contribution >= 0.6 is 0 Å². The number of hydrogen-bond acceptors (Lipinski definition) is 4. The van der Waals surface area contributed by atoms with Gasteiger partial charge in [0.25, 0.3) is 0 Å². The Morgan fingerprint density at radius 3 is 2.12 bits per heavy atom. The Labute approximate surface area is 245 Å². The molecule has 1 aliphatic rings. The SMILES string of the molecule is N#Cc1ccc(-n2c3c(c4ccccc42)CCC=C3)c(-c2ccc3oc4ccc5oc6ccc(C#N)cc6c5c4c3c2)c1. The summed E-state index contributed by atoms with van der Waals surface area (Å²) in [5.74, 6) is 0. The van der Waals surface area contributed by atoms with Gasteiger partial charge < -0.3 is 13.4 Å². The zero-order chi connectivity index (χ0) is 28.7. The van der Waals surface area contributed by atoms with Crippen LogP contribution in [0.5, 0.6) is 0 Å². The molecule has 0 spiro atoms. The van der Waals surface area contributed by atoms with E-state index in [2.05, 4.69) is 71.3 Å². The van der Waals surface area contributed by atoms with Crippen molar-refractivity contribution in [1.82, 2.24) is 4.57 Å². The summed E-state index contributed by atoms with van der Waals surface area (Å²) in [6, 6.07) is 34.7. The highest BCUT2D eigenvalue weighted by atomic mass is 16.3. The van der Waals surface area contributed by atoms with Crippen LogP contribution in [0.25, 0.3) is 77.7 Å². The van der Waals surface area contributed by atoms with Gasteiger partial charge in [0.1, 0.15) is 22.3 Å². The first-order valence-electron chi connectivity index (χ1n) is 14.3. The molecular weight excluding hydrogens is 530 g/mol. The molecule has 3 aromatic heterocycles. The van der Waals surface area contributed by atoms with Gasteiger partial charge in [0.15, 0.2) is 0 Å². The number of para-hydroxylation sites is 1. The molecule has 3 heterocycles. The van der Waals surface area contributed by atoms with E-state index < -0.39 is 0 Å². The molecule has 5 heteroatoms. The van der Waals surface area contributed by atoms with Crippen molar-refractivity contribution in [2.24, 2.45) is 0 Å². The molecule has 1 aliphatic carbocycles. The lowest BCUT2D eigenvalue weighted by Gasteiger charge is -2.17. The molecule has 0 atom stereocenters. The highest BCUT2D eigenvalue weighted by Gasteiger charge is 2.22. The fourth-order valence-corrected chi connectivity index (χ4v) is 6.85. The molecule has 0 N–H and O–H groups in total. The molecule has 5 nitrogen and oxygen atoms in total. The molecule has 43 heavy (non-hydrogen) atoms. The quantitative estimate of drug-likeness (QED) is 0.214. The van der Waals surface area contributed by atoms with Crippen molar-refractivity contribution < 1.29 is 8.83 Å². The molecule has 8 aromatic rings. The van der Waals surface area contributed by atoms with Gasteiger partial charge >= 0.3 is 0 Å². The fraction of sp³-hybridized carbons (Fsp3) is 0.0526. The van der Waals surface area contributed by atoms with Crippen LogP contribution in [0.2, 0.25) is 0 Å². The van der Waals surface area contributed by atoms with Gasteiger partial charge in [-0.05, 0) is 96.8 Å². The second-order valence-electron chi connectivity index (χ2n) is 11.1. The van der Waals surface area contributed by atoms with E-state index in [1.54, 1.807) is 6.07 Å². The van der Waals surface area contributed by atoms with Crippen LogP contribution in [0.4, 0.5) is 0 Å². The lowest BCUT2D eigenvalue weighted by molar-refractivity contribution is 0.663. The molecule has 0 saturated carbocycles. The third kappa shape index (κ3) is 3.31. The topological polar surface area (TPSA) is 78.8 Å². The highest BCUT2D eigenvalue weighted by Crippen LogP contribution is 2.43. The van der Waals surface area contributed by atoms with Gasteiger partial charge in [-0.2, -0.15) is 10.5 Å². The first-order valence-corrected chi connectivity index (χ1v) is 14.3. The molecule has 0 radical (unpaired) electrons. The minimum absolute atomic E-state index is 0.579. The van der Waals surface area contributed by atoms with Crippen molar-refractivity contribution in [1.29, 1.82) is 10.5 Å². The number of allylic oxidation sites excluding steroid dienone is 1. The zero-order valence-electron chi connectivity index (χ0n) is 22.9. The lowest BCUT2D eigenvalue weighted by Crippen LogP contribution is -2.02. The summed E-state index contributed by atoms with van der Waals surface area (Å²) in [7, 11) is 0. The second kappa shape index (κ2) is 8.73. The number of nitriles is 2. The number of rotatable bonds is 2. The summed E-state index contributed by atoms with van der Waals surface area (Å²) in [5, 5.41) is 24.5. The van der Waals surface area contributed by atoms with E-state index in [1.165, 1.54) is 16.6 Å². The molecule has 200 valence electrons. The third-order valence-electron chi connectivity index (χ3n) is 8.73. The predicted molar refractivity (Wildman–Crippen MR) is 170 cm³/mol. The van der Waals surface area contributed by atoms with E-state index in [9.17, 15) is 10.5 Å². The van der Waals surface area contributed by atoms with Crippen molar-refractivity contribution in [3.63, 3.8) is 0 Å². The van der Waals surface area contributed by atoms with Crippen LogP contribution in [0.1, 0.15) is 28.8 Å². The van der Waals surface area contributed by atoms with Crippen molar-refractivity contribution in [2.45, 2.75) is 12.8 Å². The Hall–Kier alpha value is -6.04. The Kier molecular flexibility index (Phi) is 4.80. The zero-order valence-corrected chi connectivity index (χ0v) is 22.9. The van der Waals surface area contributed by atoms with Gasteiger partial charge in [-0.25, -0.2) is 0 Å². The molecular formula is C38H21N3O2. The summed E-state index contributed by atoms with van der Waals surface area (Å²) in [5.41, 5.74) is 10.8. The van der Waals surface area contributed by atoms with Crippen LogP contribution in [0.3, 0.4) is 0 Å². The summed E-state index contributed by atoms with van der Waals surface area (Å²) < 4.78 is 14.9. The standard InChI is InChI=1S/C38H21N3O2/c39-20-22-9-12-32(41-30-7-3-1-5-25(30)26-6-2-4-8-31(26)41)27(17-22)24-11-14-34-29(19-24)38-36(43-34)16-15-35-37(38)28-18-23(21-40)10-13-33(28)42-35/h1,3-5,7-19H,2,6H2. The molecule has 0 amide bonds. The highest BCUT2D eigenvalue weighted by molar-refractivity contribution is 6.26. The van der Waals surface area contributed by atoms with Gasteiger partial charge in [-0.15, -0.1) is 0 Å². The van der Waals surface area contributed by atoms with Crippen molar-refractivity contribution in [3.05, 3.63) is 119 Å². The maximum atomic E-state index is 9.90. The fourth-order valence-electron chi connectivity index (χ4n) is 6.85. The van der Waals surface area contributed by atoms with Crippen LogP contribution in [-0.4, -0.2) is 4.57 Å². The molecule has 0 unspecified atom stereocenters. The molecule has 0 fully saturated rings. The maximum Gasteiger partial charge on any atom is 0.136 e. The van der Waals surface area contributed by atoms with Gasteiger partial charge in [-0.1, -0.05) is 30.3 Å². The number of nitrogens with zero attached hydrogens (tertiary/aromatic N) is 3. The van der Waals surface area contributed by atoms with Crippen LogP contribution in [0, 0.1) is 22.7 Å². The number of fused-ring (bicyclic) bond motifs is 10. The van der Waals surface area contributed by atoms with Gasteiger partial charge in [-0.3, -0.25) is 0 Å². The number of furan rings is 2. The second-order valence-corrected chi connectivity index (χ2v) is 11.1. The minimum atomic E-state index is 0.579. The van der Waals surface area contributed by atoms with Crippen molar-refractivity contribution in [3.8, 4) is 29.0 Å². The van der Waals surface area contributed by atoms with E-state index in [1.807, 2.05) is 42.5 Å². The monoisotopic (exact) mass is 551 g/mol. The van der Waals surface area contributed by atoms with E-state index in [4.69, 9.17) is 8.83 Å². The van der Waals surface area contributed by atoms with E-state index in [0.717, 1.165) is 79.0 Å². The average molecular weight is 552 g/mol. The summed E-state index contributed by atoms with van der Waals surface area (Å²) in [6.07, 6.45) is 6.49. The Morgan fingerprint density at radius 1 is 0.651 bits per heavy atom. The molecule has 0 saturated heterocycles. The minimum Gasteiger partial charge on any atom is -0.456 e. The van der Waals surface area contributed by atoms with Gasteiger partial charge in [0, 0.05) is 38.2 Å². The lowest BCUT2D eigenvalue weighted by atomic mass is 9.97. The Morgan fingerprint density at radius 2 is 1.33 bits per heavy atom. The van der Waals surface area contributed by atoms with Crippen molar-refractivity contribution in [2.75, 3.05) is 0 Å². The van der Waals surface area contributed by atoms with Gasteiger partial charge in [0.05, 0.1) is 34.5 Å². The largest absolute Gasteiger partial charge is 0.456 e. The molecule has 0 aliphatic heterocycles. The molecule has 0 bridgehead atoms. The normalized spacial score (nSPS) is 12.8. The molecule has 9 rings (SSSR count). The maximum absolute atomic E-state index is 9.90. The van der Waals surface area contributed by atoms with Crippen LogP contribution in [0.15, 0.2) is 106 Å². The summed E-state index contributed by atoms with van der Waals surface area (Å²) in [6.45, 7) is 0. The number of benzene rings is 5. The number of hydrogen-bond donors (Lipinski definition) is 0. The van der Waals surface area contributed by atoms with Crippen LogP contribution < -0.4 is 0 Å². The van der Waals surface area contributed by atoms with E-state index >= 15 is 0 Å². The van der Waals surface area contributed by atoms with E-state index in [0.29, 0.717) is 11.1 Å². The Balaban J connectivity index is 1.36.